The summed E-state index contributed by atoms with van der Waals surface area (Å²) in [6.07, 6.45) is 6.62. The van der Waals surface area contributed by atoms with Gasteiger partial charge in [0.05, 0.1) is 5.01 Å². The summed E-state index contributed by atoms with van der Waals surface area (Å²) in [7, 11) is 0. The second-order valence-electron chi connectivity index (χ2n) is 6.38. The number of amides is 1. The average molecular weight is 343 g/mol. The van der Waals surface area contributed by atoms with Crippen molar-refractivity contribution >= 4 is 17.2 Å². The first-order valence-electron chi connectivity index (χ1n) is 8.77. The molecule has 128 valence electrons. The van der Waals surface area contributed by atoms with E-state index in [0.29, 0.717) is 24.8 Å². The van der Waals surface area contributed by atoms with E-state index < -0.39 is 0 Å². The maximum atomic E-state index is 13.1. The van der Waals surface area contributed by atoms with Crippen LogP contribution in [-0.4, -0.2) is 28.4 Å². The number of hydrogen-bond acceptors (Lipinski definition) is 4. The highest BCUT2D eigenvalue weighted by atomic mass is 32.1. The highest BCUT2D eigenvalue weighted by Crippen LogP contribution is 2.26. The summed E-state index contributed by atoms with van der Waals surface area (Å²) in [6, 6.07) is 10.6. The second kappa shape index (κ2) is 8.40. The van der Waals surface area contributed by atoms with Crippen molar-refractivity contribution in [3.05, 3.63) is 52.0 Å². The largest absolute Gasteiger partial charge is 0.330 e. The summed E-state index contributed by atoms with van der Waals surface area (Å²) >= 11 is 1.53. The minimum absolute atomic E-state index is 0.0604. The number of rotatable bonds is 6. The Morgan fingerprint density at radius 2 is 1.96 bits per heavy atom. The molecule has 5 heteroatoms. The molecule has 4 nitrogen and oxygen atoms in total. The fraction of sp³-hybridized carbons (Fsp3) is 0.474. The summed E-state index contributed by atoms with van der Waals surface area (Å²) in [5.41, 5.74) is 7.34. The first kappa shape index (κ1) is 17.1. The van der Waals surface area contributed by atoms with E-state index in [2.05, 4.69) is 17.1 Å². The van der Waals surface area contributed by atoms with Crippen LogP contribution in [0.2, 0.25) is 0 Å². The minimum atomic E-state index is 0.0604. The van der Waals surface area contributed by atoms with Gasteiger partial charge in [0, 0.05) is 24.4 Å². The quantitative estimate of drug-likeness (QED) is 0.871. The highest BCUT2D eigenvalue weighted by Gasteiger charge is 2.27. The van der Waals surface area contributed by atoms with Gasteiger partial charge in [-0.3, -0.25) is 4.79 Å². The SMILES string of the molecule is NCCc1nc(C(=O)N(Cc2ccccc2)C2CCCCC2)cs1. The molecule has 1 heterocycles. The summed E-state index contributed by atoms with van der Waals surface area (Å²) < 4.78 is 0. The van der Waals surface area contributed by atoms with Crippen LogP contribution in [0.5, 0.6) is 0 Å². The third-order valence-electron chi connectivity index (χ3n) is 4.60. The Bertz CT molecular complexity index is 650. The third kappa shape index (κ3) is 4.22. The molecule has 0 radical (unpaired) electrons. The molecule has 0 bridgehead atoms. The van der Waals surface area contributed by atoms with Gasteiger partial charge in [-0.15, -0.1) is 11.3 Å². The number of thiazole rings is 1. The molecule has 0 saturated heterocycles. The van der Waals surface area contributed by atoms with Crippen molar-refractivity contribution in [2.24, 2.45) is 5.73 Å². The van der Waals surface area contributed by atoms with E-state index in [1.54, 1.807) is 0 Å². The fourth-order valence-electron chi connectivity index (χ4n) is 3.33. The van der Waals surface area contributed by atoms with E-state index in [0.717, 1.165) is 24.3 Å². The number of hydrogen-bond donors (Lipinski definition) is 1. The molecule has 3 rings (SSSR count). The van der Waals surface area contributed by atoms with E-state index in [9.17, 15) is 4.79 Å². The van der Waals surface area contributed by atoms with Crippen LogP contribution in [-0.2, 0) is 13.0 Å². The lowest BCUT2D eigenvalue weighted by molar-refractivity contribution is 0.0609. The average Bonchev–Trinajstić information content (AvgIpc) is 3.10. The van der Waals surface area contributed by atoms with Gasteiger partial charge in [0.1, 0.15) is 5.69 Å². The standard InChI is InChI=1S/C19H25N3OS/c20-12-11-18-21-17(14-24-18)19(23)22(16-9-5-2-6-10-16)13-15-7-3-1-4-8-15/h1,3-4,7-8,14,16H,2,5-6,9-13,20H2. The molecule has 1 saturated carbocycles. The molecule has 0 unspecified atom stereocenters. The molecular weight excluding hydrogens is 318 g/mol. The molecule has 1 aromatic heterocycles. The van der Waals surface area contributed by atoms with E-state index >= 15 is 0 Å². The van der Waals surface area contributed by atoms with E-state index in [4.69, 9.17) is 5.73 Å². The number of aromatic nitrogens is 1. The second-order valence-corrected chi connectivity index (χ2v) is 7.32. The van der Waals surface area contributed by atoms with Crippen molar-refractivity contribution in [1.29, 1.82) is 0 Å². The Balaban J connectivity index is 1.80. The van der Waals surface area contributed by atoms with Gasteiger partial charge in [0.25, 0.3) is 5.91 Å². The number of benzene rings is 1. The molecular formula is C19H25N3OS. The molecule has 1 fully saturated rings. The van der Waals surface area contributed by atoms with Crippen LogP contribution in [0, 0.1) is 0 Å². The van der Waals surface area contributed by atoms with Crippen LogP contribution in [0.1, 0.15) is 53.2 Å². The topological polar surface area (TPSA) is 59.2 Å². The van der Waals surface area contributed by atoms with Gasteiger partial charge < -0.3 is 10.6 Å². The van der Waals surface area contributed by atoms with Crippen LogP contribution < -0.4 is 5.73 Å². The minimum Gasteiger partial charge on any atom is -0.330 e. The molecule has 2 aromatic rings. The van der Waals surface area contributed by atoms with E-state index in [1.165, 1.54) is 36.2 Å². The predicted octanol–water partition coefficient (Wildman–Crippen LogP) is 3.62. The van der Waals surface area contributed by atoms with Gasteiger partial charge >= 0.3 is 0 Å². The molecule has 24 heavy (non-hydrogen) atoms. The smallest absolute Gasteiger partial charge is 0.273 e. The Kier molecular flexibility index (Phi) is 5.99. The van der Waals surface area contributed by atoms with Crippen LogP contribution in [0.4, 0.5) is 0 Å². The van der Waals surface area contributed by atoms with Crippen molar-refractivity contribution in [2.45, 2.75) is 51.1 Å². The van der Waals surface area contributed by atoms with Crippen molar-refractivity contribution in [2.75, 3.05) is 6.54 Å². The summed E-state index contributed by atoms with van der Waals surface area (Å²) in [5, 5.41) is 2.83. The summed E-state index contributed by atoms with van der Waals surface area (Å²) in [4.78, 5) is 19.6. The van der Waals surface area contributed by atoms with Crippen molar-refractivity contribution in [3.8, 4) is 0 Å². The first-order valence-corrected chi connectivity index (χ1v) is 9.65. The lowest BCUT2D eigenvalue weighted by Gasteiger charge is -2.34. The maximum Gasteiger partial charge on any atom is 0.273 e. The number of carbonyl (C=O) groups excluding carboxylic acids is 1. The predicted molar refractivity (Wildman–Crippen MR) is 98.1 cm³/mol. The van der Waals surface area contributed by atoms with E-state index in [-0.39, 0.29) is 5.91 Å². The molecule has 1 aliphatic rings. The van der Waals surface area contributed by atoms with Crippen molar-refractivity contribution in [1.82, 2.24) is 9.88 Å². The Morgan fingerprint density at radius 3 is 2.67 bits per heavy atom. The first-order chi connectivity index (χ1) is 11.8. The zero-order chi connectivity index (χ0) is 16.8. The van der Waals surface area contributed by atoms with Gasteiger partial charge in [-0.05, 0) is 24.9 Å². The molecule has 0 atom stereocenters. The van der Waals surface area contributed by atoms with Crippen LogP contribution in [0.25, 0.3) is 0 Å². The van der Waals surface area contributed by atoms with E-state index in [1.807, 2.05) is 28.5 Å². The maximum absolute atomic E-state index is 13.1. The molecule has 0 aliphatic heterocycles. The van der Waals surface area contributed by atoms with Gasteiger partial charge in [0.2, 0.25) is 0 Å². The molecule has 2 N–H and O–H groups in total. The lowest BCUT2D eigenvalue weighted by Crippen LogP contribution is -2.41. The Labute approximate surface area is 147 Å². The Morgan fingerprint density at radius 1 is 1.21 bits per heavy atom. The highest BCUT2D eigenvalue weighted by molar-refractivity contribution is 7.09. The molecule has 1 aromatic carbocycles. The zero-order valence-corrected chi connectivity index (χ0v) is 14.8. The number of nitrogens with two attached hydrogens (primary N) is 1. The molecule has 1 aliphatic carbocycles. The Hall–Kier alpha value is -1.72. The monoisotopic (exact) mass is 343 g/mol. The van der Waals surface area contributed by atoms with Gasteiger partial charge in [-0.2, -0.15) is 0 Å². The lowest BCUT2D eigenvalue weighted by atomic mass is 9.93. The van der Waals surface area contributed by atoms with Crippen molar-refractivity contribution in [3.63, 3.8) is 0 Å². The molecule has 1 amide bonds. The van der Waals surface area contributed by atoms with Gasteiger partial charge in [0.15, 0.2) is 0 Å². The number of carbonyl (C=O) groups is 1. The van der Waals surface area contributed by atoms with Gasteiger partial charge in [-0.25, -0.2) is 4.98 Å². The fourth-order valence-corrected chi connectivity index (χ4v) is 4.12. The van der Waals surface area contributed by atoms with Crippen LogP contribution in [0.15, 0.2) is 35.7 Å². The normalized spacial score (nSPS) is 15.4. The van der Waals surface area contributed by atoms with Crippen molar-refractivity contribution < 1.29 is 4.79 Å². The summed E-state index contributed by atoms with van der Waals surface area (Å²) in [5.74, 6) is 0.0604. The number of nitrogens with zero attached hydrogens (tertiary/aromatic N) is 2. The zero-order valence-electron chi connectivity index (χ0n) is 14.0. The van der Waals surface area contributed by atoms with Gasteiger partial charge in [-0.1, -0.05) is 49.6 Å². The third-order valence-corrected chi connectivity index (χ3v) is 5.51. The molecule has 0 spiro atoms. The summed E-state index contributed by atoms with van der Waals surface area (Å²) in [6.45, 7) is 1.23. The van der Waals surface area contributed by atoms with Crippen LogP contribution in [0.3, 0.4) is 0 Å². The van der Waals surface area contributed by atoms with Crippen LogP contribution >= 0.6 is 11.3 Å².